The van der Waals surface area contributed by atoms with Crippen LogP contribution in [0.2, 0.25) is 5.28 Å². The van der Waals surface area contributed by atoms with Crippen LogP contribution in [0.3, 0.4) is 0 Å². The van der Waals surface area contributed by atoms with Gasteiger partial charge in [0.25, 0.3) is 11.2 Å². The van der Waals surface area contributed by atoms with E-state index in [1.54, 1.807) is 24.9 Å². The van der Waals surface area contributed by atoms with Gasteiger partial charge in [-0.15, -0.1) is 0 Å². The maximum atomic E-state index is 5.51. The van der Waals surface area contributed by atoms with Crippen molar-refractivity contribution in [2.75, 3.05) is 7.11 Å². The molecule has 0 aliphatic heterocycles. The molecule has 2 aromatic heterocycles. The Morgan fingerprint density at radius 2 is 2.36 bits per heavy atom. The molecule has 0 saturated heterocycles. The van der Waals surface area contributed by atoms with Crippen molar-refractivity contribution < 1.29 is 9.26 Å². The highest BCUT2D eigenvalue weighted by Crippen LogP contribution is 2.21. The highest BCUT2D eigenvalue weighted by atomic mass is 35.5. The summed E-state index contributed by atoms with van der Waals surface area (Å²) in [6.07, 6.45) is 0. The average Bonchev–Trinajstić information content (AvgIpc) is 2.71. The Hall–Kier alpha value is -1.56. The molecule has 7 heteroatoms. The lowest BCUT2D eigenvalue weighted by molar-refractivity contribution is 0.373. The molecule has 14 heavy (non-hydrogen) atoms. The van der Waals surface area contributed by atoms with Crippen molar-refractivity contribution in [2.24, 2.45) is 7.05 Å². The molecule has 0 bridgehead atoms. The van der Waals surface area contributed by atoms with Gasteiger partial charge in [-0.2, -0.15) is 10.1 Å². The smallest absolute Gasteiger partial charge is 0.279 e. The first-order valence-electron chi connectivity index (χ1n) is 3.78. The van der Waals surface area contributed by atoms with E-state index in [4.69, 9.17) is 20.9 Å². The largest absolute Gasteiger partial charge is 0.481 e. The molecule has 0 radical (unpaired) electrons. The van der Waals surface area contributed by atoms with Crippen LogP contribution >= 0.6 is 11.6 Å². The van der Waals surface area contributed by atoms with Crippen LogP contribution in [0, 0.1) is 0 Å². The molecule has 6 nitrogen and oxygen atoms in total. The number of hydrogen-bond acceptors (Lipinski definition) is 5. The minimum absolute atomic E-state index is 0.0598. The topological polar surface area (TPSA) is 66.0 Å². The summed E-state index contributed by atoms with van der Waals surface area (Å²) < 4.78 is 11.4. The number of hydrogen-bond donors (Lipinski definition) is 0. The molecule has 0 aliphatic carbocycles. The molecule has 0 aromatic carbocycles. The van der Waals surface area contributed by atoms with Crippen LogP contribution in [-0.4, -0.2) is 27.0 Å². The van der Waals surface area contributed by atoms with Gasteiger partial charge in [0, 0.05) is 13.1 Å². The molecule has 2 heterocycles. The van der Waals surface area contributed by atoms with Gasteiger partial charge >= 0.3 is 0 Å². The van der Waals surface area contributed by atoms with Crippen molar-refractivity contribution in [3.8, 4) is 17.5 Å². The van der Waals surface area contributed by atoms with E-state index in [0.717, 1.165) is 0 Å². The molecule has 0 spiro atoms. The summed E-state index contributed by atoms with van der Waals surface area (Å²) in [4.78, 5) is 3.83. The Labute approximate surface area is 84.4 Å². The fourth-order valence-corrected chi connectivity index (χ4v) is 1.17. The Balaban J connectivity index is 2.42. The number of aromatic nitrogens is 4. The molecule has 0 fully saturated rings. The highest BCUT2D eigenvalue weighted by molar-refractivity contribution is 6.28. The normalized spacial score (nSPS) is 10.5. The zero-order valence-corrected chi connectivity index (χ0v) is 8.32. The maximum absolute atomic E-state index is 5.51. The van der Waals surface area contributed by atoms with Gasteiger partial charge in [0.1, 0.15) is 0 Å². The molecule has 0 unspecified atom stereocenters. The molecular weight excluding hydrogens is 208 g/mol. The predicted molar refractivity (Wildman–Crippen MR) is 48.1 cm³/mol. The Kier molecular flexibility index (Phi) is 2.12. The zero-order valence-electron chi connectivity index (χ0n) is 7.56. The number of ether oxygens (including phenoxy) is 1. The van der Waals surface area contributed by atoms with E-state index in [1.807, 2.05) is 0 Å². The first-order valence-corrected chi connectivity index (χ1v) is 4.16. The van der Waals surface area contributed by atoms with Gasteiger partial charge in [0.05, 0.1) is 7.11 Å². The van der Waals surface area contributed by atoms with Crippen molar-refractivity contribution in [2.45, 2.75) is 0 Å². The average molecular weight is 215 g/mol. The summed E-state index contributed by atoms with van der Waals surface area (Å²) in [5.74, 6) is 0.878. The van der Waals surface area contributed by atoms with Gasteiger partial charge in [-0.3, -0.25) is 0 Å². The van der Waals surface area contributed by atoms with Gasteiger partial charge in [0.2, 0.25) is 5.88 Å². The molecule has 0 aliphatic rings. The van der Waals surface area contributed by atoms with Gasteiger partial charge in [-0.25, -0.2) is 4.68 Å². The third kappa shape index (κ3) is 1.44. The Bertz CT molecular complexity index is 450. The molecular formula is C7H7ClN4O2. The molecule has 0 N–H and O–H groups in total. The number of aryl methyl sites for hydroxylation is 1. The van der Waals surface area contributed by atoms with Gasteiger partial charge in [0.15, 0.2) is 5.69 Å². The lowest BCUT2D eigenvalue weighted by Gasteiger charge is -1.95. The van der Waals surface area contributed by atoms with Crippen LogP contribution in [0.15, 0.2) is 10.6 Å². The summed E-state index contributed by atoms with van der Waals surface area (Å²) >= 11 is 5.51. The van der Waals surface area contributed by atoms with Gasteiger partial charge in [-0.05, 0) is 16.8 Å². The molecule has 0 saturated carbocycles. The van der Waals surface area contributed by atoms with E-state index in [2.05, 4.69) is 15.2 Å². The molecule has 2 aromatic rings. The first kappa shape index (κ1) is 9.01. The second-order valence-electron chi connectivity index (χ2n) is 2.56. The third-order valence-electron chi connectivity index (χ3n) is 1.67. The van der Waals surface area contributed by atoms with E-state index < -0.39 is 0 Å². The maximum Gasteiger partial charge on any atom is 0.279 e. The second kappa shape index (κ2) is 3.30. The zero-order chi connectivity index (χ0) is 10.1. The fraction of sp³-hybridized carbons (Fsp3) is 0.286. The van der Waals surface area contributed by atoms with E-state index in [9.17, 15) is 0 Å². The van der Waals surface area contributed by atoms with Crippen LogP contribution in [-0.2, 0) is 7.05 Å². The van der Waals surface area contributed by atoms with E-state index >= 15 is 0 Å². The Morgan fingerprint density at radius 1 is 1.57 bits per heavy atom. The quantitative estimate of drug-likeness (QED) is 0.750. The molecule has 2 rings (SSSR count). The standard InChI is InChI=1S/C7H7ClN4O2/c1-12-5(13-2)3-4(10-12)6-9-7(8)11-14-6/h3H,1-2H3. The summed E-state index contributed by atoms with van der Waals surface area (Å²) in [6, 6.07) is 1.68. The van der Waals surface area contributed by atoms with Gasteiger partial charge in [-0.1, -0.05) is 0 Å². The van der Waals surface area contributed by atoms with E-state index in [-0.39, 0.29) is 11.2 Å². The lowest BCUT2D eigenvalue weighted by atomic mass is 10.4. The van der Waals surface area contributed by atoms with Crippen LogP contribution < -0.4 is 4.74 Å². The van der Waals surface area contributed by atoms with Crippen LogP contribution in [0.5, 0.6) is 5.88 Å². The minimum atomic E-state index is 0.0598. The monoisotopic (exact) mass is 214 g/mol. The summed E-state index contributed by atoms with van der Waals surface area (Å²) in [5.41, 5.74) is 0.531. The molecule has 0 amide bonds. The summed E-state index contributed by atoms with van der Waals surface area (Å²) in [5, 5.41) is 7.61. The van der Waals surface area contributed by atoms with Crippen molar-refractivity contribution in [1.29, 1.82) is 0 Å². The Morgan fingerprint density at radius 3 is 2.86 bits per heavy atom. The number of methoxy groups -OCH3 is 1. The highest BCUT2D eigenvalue weighted by Gasteiger charge is 2.13. The second-order valence-corrected chi connectivity index (χ2v) is 2.90. The van der Waals surface area contributed by atoms with Crippen molar-refractivity contribution in [3.05, 3.63) is 11.3 Å². The summed E-state index contributed by atoms with van der Waals surface area (Å²) in [7, 11) is 3.31. The predicted octanol–water partition coefficient (Wildman–Crippen LogP) is 1.13. The number of rotatable bonds is 2. The van der Waals surface area contributed by atoms with Crippen molar-refractivity contribution in [3.63, 3.8) is 0 Å². The summed E-state index contributed by atoms with van der Waals surface area (Å²) in [6.45, 7) is 0. The number of nitrogens with zero attached hydrogens (tertiary/aromatic N) is 4. The van der Waals surface area contributed by atoms with E-state index in [1.165, 1.54) is 0 Å². The van der Waals surface area contributed by atoms with Crippen LogP contribution in [0.4, 0.5) is 0 Å². The van der Waals surface area contributed by atoms with E-state index in [0.29, 0.717) is 11.6 Å². The molecule has 74 valence electrons. The first-order chi connectivity index (χ1) is 6.70. The fourth-order valence-electron chi connectivity index (χ4n) is 1.06. The minimum Gasteiger partial charge on any atom is -0.481 e. The third-order valence-corrected chi connectivity index (χ3v) is 1.82. The molecule has 0 atom stereocenters. The van der Waals surface area contributed by atoms with Crippen molar-refractivity contribution in [1.82, 2.24) is 19.9 Å². The van der Waals surface area contributed by atoms with Crippen LogP contribution in [0.25, 0.3) is 11.6 Å². The van der Waals surface area contributed by atoms with Crippen LogP contribution in [0.1, 0.15) is 0 Å². The number of halogens is 1. The SMILES string of the molecule is COc1cc(-c2nc(Cl)no2)nn1C. The van der Waals surface area contributed by atoms with Crippen molar-refractivity contribution >= 4 is 11.6 Å². The lowest BCUT2D eigenvalue weighted by Crippen LogP contribution is -1.94. The van der Waals surface area contributed by atoms with Gasteiger partial charge < -0.3 is 9.26 Å².